The third-order valence-corrected chi connectivity index (χ3v) is 3.66. The molecule has 1 aromatic carbocycles. The van der Waals surface area contributed by atoms with Gasteiger partial charge in [-0.15, -0.1) is 0 Å². The highest BCUT2D eigenvalue weighted by atomic mass is 35.5. The summed E-state index contributed by atoms with van der Waals surface area (Å²) in [5.41, 5.74) is 0.923. The minimum atomic E-state index is -0.200. The first-order chi connectivity index (χ1) is 8.20. The van der Waals surface area contributed by atoms with Gasteiger partial charge in [0.1, 0.15) is 5.82 Å². The first kappa shape index (κ1) is 12.8. The Morgan fingerprint density at radius 1 is 1.47 bits per heavy atom. The Labute approximate surface area is 107 Å². The molecule has 0 aliphatic heterocycles. The highest BCUT2D eigenvalue weighted by Gasteiger charge is 2.31. The van der Waals surface area contributed by atoms with Gasteiger partial charge in [-0.2, -0.15) is 0 Å². The summed E-state index contributed by atoms with van der Waals surface area (Å²) in [5, 5.41) is 4.22. The summed E-state index contributed by atoms with van der Waals surface area (Å²) in [6.07, 6.45) is 4.53. The molecule has 0 spiro atoms. The zero-order valence-corrected chi connectivity index (χ0v) is 10.9. The maximum Gasteiger partial charge on any atom is 0.123 e. The van der Waals surface area contributed by atoms with Crippen LogP contribution in [-0.2, 0) is 6.42 Å². The summed E-state index contributed by atoms with van der Waals surface area (Å²) in [6.45, 7) is 3.18. The number of halogens is 2. The van der Waals surface area contributed by atoms with E-state index >= 15 is 0 Å². The number of nitrogens with one attached hydrogen (secondary N) is 1. The Morgan fingerprint density at radius 3 is 2.88 bits per heavy atom. The van der Waals surface area contributed by atoms with Gasteiger partial charge in [0.25, 0.3) is 0 Å². The predicted molar refractivity (Wildman–Crippen MR) is 69.9 cm³/mol. The van der Waals surface area contributed by atoms with E-state index in [2.05, 4.69) is 12.2 Å². The van der Waals surface area contributed by atoms with Crippen LogP contribution in [0.5, 0.6) is 0 Å². The van der Waals surface area contributed by atoms with Crippen molar-refractivity contribution in [2.75, 3.05) is 6.54 Å². The highest BCUT2D eigenvalue weighted by Crippen LogP contribution is 2.35. The second-order valence-corrected chi connectivity index (χ2v) is 5.25. The van der Waals surface area contributed by atoms with Crippen LogP contribution in [0.1, 0.15) is 31.7 Å². The van der Waals surface area contributed by atoms with E-state index in [1.807, 2.05) is 0 Å². The number of benzene rings is 1. The van der Waals surface area contributed by atoms with Gasteiger partial charge >= 0.3 is 0 Å². The molecule has 1 fully saturated rings. The van der Waals surface area contributed by atoms with Crippen molar-refractivity contribution in [2.45, 2.75) is 38.6 Å². The Morgan fingerprint density at radius 2 is 2.24 bits per heavy atom. The molecule has 1 atom stereocenters. The lowest BCUT2D eigenvalue weighted by Gasteiger charge is -2.18. The van der Waals surface area contributed by atoms with Crippen molar-refractivity contribution in [3.05, 3.63) is 34.6 Å². The maximum absolute atomic E-state index is 13.2. The Balaban J connectivity index is 2.03. The van der Waals surface area contributed by atoms with Gasteiger partial charge in [-0.3, -0.25) is 0 Å². The van der Waals surface area contributed by atoms with Crippen molar-refractivity contribution in [1.29, 1.82) is 0 Å². The van der Waals surface area contributed by atoms with Gasteiger partial charge < -0.3 is 5.32 Å². The average molecular weight is 256 g/mol. The molecular formula is C14H19ClFN. The van der Waals surface area contributed by atoms with E-state index < -0.39 is 0 Å². The molecule has 0 heterocycles. The maximum atomic E-state index is 13.2. The molecule has 0 amide bonds. The molecule has 2 rings (SSSR count). The zero-order valence-electron chi connectivity index (χ0n) is 10.2. The topological polar surface area (TPSA) is 12.0 Å². The van der Waals surface area contributed by atoms with Gasteiger partial charge in [-0.1, -0.05) is 18.5 Å². The van der Waals surface area contributed by atoms with Crippen LogP contribution in [0.15, 0.2) is 18.2 Å². The molecule has 1 aliphatic carbocycles. The third-order valence-electron chi connectivity index (χ3n) is 3.30. The molecule has 1 saturated carbocycles. The second-order valence-electron chi connectivity index (χ2n) is 4.84. The van der Waals surface area contributed by atoms with E-state index in [0.717, 1.165) is 30.9 Å². The third kappa shape index (κ3) is 3.68. The highest BCUT2D eigenvalue weighted by molar-refractivity contribution is 6.31. The smallest absolute Gasteiger partial charge is 0.123 e. The SMILES string of the molecule is CCCNC(Cc1cc(F)ccc1Cl)C1CC1. The second kappa shape index (κ2) is 5.83. The van der Waals surface area contributed by atoms with E-state index in [1.165, 1.54) is 18.9 Å². The van der Waals surface area contributed by atoms with Crippen LogP contribution in [0.3, 0.4) is 0 Å². The molecule has 1 aliphatic rings. The zero-order chi connectivity index (χ0) is 12.3. The Kier molecular flexibility index (Phi) is 4.41. The first-order valence-electron chi connectivity index (χ1n) is 6.38. The van der Waals surface area contributed by atoms with Crippen molar-refractivity contribution in [2.24, 2.45) is 5.92 Å². The summed E-state index contributed by atoms with van der Waals surface area (Å²) in [6, 6.07) is 5.08. The van der Waals surface area contributed by atoms with Crippen molar-refractivity contribution >= 4 is 11.6 Å². The molecule has 1 unspecified atom stereocenters. The van der Waals surface area contributed by atoms with Crippen LogP contribution in [0.25, 0.3) is 0 Å². The molecule has 1 aromatic rings. The summed E-state index contributed by atoms with van der Waals surface area (Å²) in [7, 11) is 0. The molecule has 0 radical (unpaired) electrons. The van der Waals surface area contributed by atoms with Gasteiger partial charge in [-0.05, 0) is 61.9 Å². The number of hydrogen-bond acceptors (Lipinski definition) is 1. The van der Waals surface area contributed by atoms with Crippen molar-refractivity contribution in [1.82, 2.24) is 5.32 Å². The van der Waals surface area contributed by atoms with Crippen LogP contribution < -0.4 is 5.32 Å². The summed E-state index contributed by atoms with van der Waals surface area (Å²) in [4.78, 5) is 0. The van der Waals surface area contributed by atoms with Gasteiger partial charge in [-0.25, -0.2) is 4.39 Å². The van der Waals surface area contributed by atoms with E-state index in [-0.39, 0.29) is 5.82 Å². The molecule has 0 bridgehead atoms. The molecule has 94 valence electrons. The number of hydrogen-bond donors (Lipinski definition) is 1. The largest absolute Gasteiger partial charge is 0.313 e. The summed E-state index contributed by atoms with van der Waals surface area (Å²) < 4.78 is 13.2. The number of rotatable bonds is 6. The van der Waals surface area contributed by atoms with Crippen molar-refractivity contribution in [3.8, 4) is 0 Å². The molecule has 17 heavy (non-hydrogen) atoms. The summed E-state index contributed by atoms with van der Waals surface area (Å²) in [5.74, 6) is 0.551. The molecule has 3 heteroatoms. The van der Waals surface area contributed by atoms with E-state index in [1.54, 1.807) is 12.1 Å². The lowest BCUT2D eigenvalue weighted by Crippen LogP contribution is -2.33. The minimum Gasteiger partial charge on any atom is -0.313 e. The monoisotopic (exact) mass is 255 g/mol. The minimum absolute atomic E-state index is 0.200. The normalized spacial score (nSPS) is 17.1. The van der Waals surface area contributed by atoms with E-state index in [9.17, 15) is 4.39 Å². The van der Waals surface area contributed by atoms with Crippen molar-refractivity contribution in [3.63, 3.8) is 0 Å². The fourth-order valence-electron chi connectivity index (χ4n) is 2.17. The molecular weight excluding hydrogens is 237 g/mol. The predicted octanol–water partition coefficient (Wildman–Crippen LogP) is 3.80. The average Bonchev–Trinajstić information content (AvgIpc) is 3.13. The van der Waals surface area contributed by atoms with Crippen LogP contribution in [0.2, 0.25) is 5.02 Å². The molecule has 0 saturated heterocycles. The van der Waals surface area contributed by atoms with Crippen LogP contribution in [-0.4, -0.2) is 12.6 Å². The molecule has 1 N–H and O–H groups in total. The van der Waals surface area contributed by atoms with Crippen LogP contribution >= 0.6 is 11.6 Å². The Bertz CT molecular complexity index is 376. The lowest BCUT2D eigenvalue weighted by molar-refractivity contribution is 0.459. The standard InChI is InChI=1S/C14H19ClFN/c1-2-7-17-14(10-3-4-10)9-11-8-12(16)5-6-13(11)15/h5-6,8,10,14,17H,2-4,7,9H2,1H3. The lowest BCUT2D eigenvalue weighted by atomic mass is 10.0. The van der Waals surface area contributed by atoms with Gasteiger partial charge in [0.05, 0.1) is 0 Å². The van der Waals surface area contributed by atoms with E-state index in [0.29, 0.717) is 11.1 Å². The van der Waals surface area contributed by atoms with Gasteiger partial charge in [0, 0.05) is 11.1 Å². The molecule has 1 nitrogen and oxygen atoms in total. The summed E-state index contributed by atoms with van der Waals surface area (Å²) >= 11 is 6.10. The molecule has 0 aromatic heterocycles. The quantitative estimate of drug-likeness (QED) is 0.815. The Hall–Kier alpha value is -0.600. The van der Waals surface area contributed by atoms with Crippen molar-refractivity contribution < 1.29 is 4.39 Å². The first-order valence-corrected chi connectivity index (χ1v) is 6.75. The fraction of sp³-hybridized carbons (Fsp3) is 0.571. The van der Waals surface area contributed by atoms with Crippen LogP contribution in [0.4, 0.5) is 4.39 Å². The van der Waals surface area contributed by atoms with Crippen LogP contribution in [0, 0.1) is 11.7 Å². The van der Waals surface area contributed by atoms with Gasteiger partial charge in [0.2, 0.25) is 0 Å². The van der Waals surface area contributed by atoms with Gasteiger partial charge in [0.15, 0.2) is 0 Å². The fourth-order valence-corrected chi connectivity index (χ4v) is 2.37. The van der Waals surface area contributed by atoms with E-state index in [4.69, 9.17) is 11.6 Å².